The molecule has 0 atom stereocenters. The van der Waals surface area contributed by atoms with Crippen LogP contribution in [0.1, 0.15) is 0 Å². The van der Waals surface area contributed by atoms with Crippen molar-refractivity contribution >= 4 is 21.9 Å². The molecule has 0 aliphatic carbocycles. The Hall–Kier alpha value is -1.27. The maximum absolute atomic E-state index is 13.3. The van der Waals surface area contributed by atoms with Crippen LogP contribution >= 0.6 is 15.9 Å². The molecule has 3 nitrogen and oxygen atoms in total. The first-order valence-corrected chi connectivity index (χ1v) is 5.28. The maximum Gasteiger partial charge on any atom is 0.341 e. The van der Waals surface area contributed by atoms with Gasteiger partial charge in [0.15, 0.2) is 11.6 Å². The Balaban J connectivity index is 2.89. The molecule has 0 fully saturated rings. The maximum atomic E-state index is 13.3. The fourth-order valence-corrected chi connectivity index (χ4v) is 1.51. The third-order valence-corrected chi connectivity index (χ3v) is 2.35. The van der Waals surface area contributed by atoms with Crippen LogP contribution in [0.3, 0.4) is 0 Å². The molecule has 0 aromatic heterocycles. The van der Waals surface area contributed by atoms with E-state index in [1.807, 2.05) is 0 Å². The van der Waals surface area contributed by atoms with Crippen LogP contribution in [0.5, 0.6) is 5.75 Å². The molecule has 92 valence electrons. The molecule has 0 N–H and O–H groups in total. The average molecular weight is 307 g/mol. The van der Waals surface area contributed by atoms with E-state index in [0.29, 0.717) is 6.07 Å². The zero-order valence-corrected chi connectivity index (χ0v) is 10.5. The topological polar surface area (TPSA) is 35.5 Å². The van der Waals surface area contributed by atoms with Gasteiger partial charge in [0.05, 0.1) is 16.7 Å². The molecule has 0 heterocycles. The Labute approximate surface area is 105 Å². The summed E-state index contributed by atoms with van der Waals surface area (Å²) in [6.07, 6.45) is 0. The van der Waals surface area contributed by atoms with E-state index in [4.69, 9.17) is 4.74 Å². The molecule has 0 amide bonds. The SMILES string of the molecule is C=C(COC)C(=O)Oc1c(F)cc(F)cc1Br. The van der Waals surface area contributed by atoms with Crippen molar-refractivity contribution in [3.05, 3.63) is 40.4 Å². The van der Waals surface area contributed by atoms with Crippen LogP contribution in [0.2, 0.25) is 0 Å². The van der Waals surface area contributed by atoms with Gasteiger partial charge in [0.1, 0.15) is 5.82 Å². The average Bonchev–Trinajstić information content (AvgIpc) is 2.23. The number of carbonyl (C=O) groups excluding carboxylic acids is 1. The zero-order chi connectivity index (χ0) is 13.0. The van der Waals surface area contributed by atoms with Gasteiger partial charge in [0.25, 0.3) is 0 Å². The normalized spacial score (nSPS) is 10.1. The largest absolute Gasteiger partial charge is 0.419 e. The van der Waals surface area contributed by atoms with E-state index in [0.717, 1.165) is 6.07 Å². The number of benzene rings is 1. The van der Waals surface area contributed by atoms with Gasteiger partial charge in [-0.3, -0.25) is 0 Å². The summed E-state index contributed by atoms with van der Waals surface area (Å²) in [4.78, 5) is 11.4. The summed E-state index contributed by atoms with van der Waals surface area (Å²) in [5.41, 5.74) is 0.0307. The highest BCUT2D eigenvalue weighted by molar-refractivity contribution is 9.10. The van der Waals surface area contributed by atoms with Gasteiger partial charge >= 0.3 is 5.97 Å². The second-order valence-corrected chi connectivity index (χ2v) is 3.98. The molecule has 17 heavy (non-hydrogen) atoms. The molecule has 1 rings (SSSR count). The number of halogens is 3. The van der Waals surface area contributed by atoms with E-state index < -0.39 is 17.6 Å². The molecule has 0 unspecified atom stereocenters. The van der Waals surface area contributed by atoms with Crippen molar-refractivity contribution in [3.8, 4) is 5.75 Å². The minimum atomic E-state index is -0.976. The molecule has 0 saturated carbocycles. The number of hydrogen-bond acceptors (Lipinski definition) is 3. The number of ether oxygens (including phenoxy) is 2. The van der Waals surface area contributed by atoms with E-state index in [1.54, 1.807) is 0 Å². The molecular formula is C11H9BrF2O3. The Morgan fingerprint density at radius 2 is 2.12 bits per heavy atom. The lowest BCUT2D eigenvalue weighted by Crippen LogP contribution is -2.15. The predicted octanol–water partition coefficient (Wildman–Crippen LogP) is 2.84. The zero-order valence-electron chi connectivity index (χ0n) is 8.93. The lowest BCUT2D eigenvalue weighted by molar-refractivity contribution is -0.130. The summed E-state index contributed by atoms with van der Waals surface area (Å²) in [5.74, 6) is -2.97. The van der Waals surface area contributed by atoms with E-state index >= 15 is 0 Å². The van der Waals surface area contributed by atoms with E-state index in [2.05, 4.69) is 27.2 Å². The molecule has 0 aliphatic heterocycles. The quantitative estimate of drug-likeness (QED) is 0.487. The third kappa shape index (κ3) is 3.61. The van der Waals surface area contributed by atoms with Crippen molar-refractivity contribution in [1.29, 1.82) is 0 Å². The molecule has 1 aromatic carbocycles. The van der Waals surface area contributed by atoms with E-state index in [9.17, 15) is 13.6 Å². The summed E-state index contributed by atoms with van der Waals surface area (Å²) in [7, 11) is 1.38. The first-order valence-electron chi connectivity index (χ1n) is 4.49. The number of carbonyl (C=O) groups is 1. The fraction of sp³-hybridized carbons (Fsp3) is 0.182. The van der Waals surface area contributed by atoms with Gasteiger partial charge in [-0.1, -0.05) is 6.58 Å². The number of rotatable bonds is 4. The van der Waals surface area contributed by atoms with Crippen LogP contribution < -0.4 is 4.74 Å². The smallest absolute Gasteiger partial charge is 0.341 e. The standard InChI is InChI=1S/C11H9BrF2O3/c1-6(5-16-2)11(15)17-10-8(12)3-7(13)4-9(10)14/h3-4H,1,5H2,2H3. The third-order valence-electron chi connectivity index (χ3n) is 1.77. The van der Waals surface area contributed by atoms with Crippen LogP contribution in [-0.2, 0) is 9.53 Å². The lowest BCUT2D eigenvalue weighted by atomic mass is 10.3. The fourth-order valence-electron chi connectivity index (χ4n) is 1.02. The van der Waals surface area contributed by atoms with Crippen molar-refractivity contribution < 1.29 is 23.0 Å². The second-order valence-electron chi connectivity index (χ2n) is 3.12. The minimum absolute atomic E-state index is 0.00793. The molecule has 6 heteroatoms. The van der Waals surface area contributed by atoms with Crippen molar-refractivity contribution in [1.82, 2.24) is 0 Å². The van der Waals surface area contributed by atoms with Gasteiger partial charge in [-0.25, -0.2) is 13.6 Å². The molecule has 0 bridgehead atoms. The van der Waals surface area contributed by atoms with Gasteiger partial charge in [-0.05, 0) is 22.0 Å². The molecule has 1 aromatic rings. The van der Waals surface area contributed by atoms with Gasteiger partial charge in [-0.2, -0.15) is 0 Å². The lowest BCUT2D eigenvalue weighted by Gasteiger charge is -2.08. The van der Waals surface area contributed by atoms with Gasteiger partial charge in [0, 0.05) is 13.2 Å². The number of methoxy groups -OCH3 is 1. The Kier molecular flexibility index (Phi) is 4.77. The van der Waals surface area contributed by atoms with Crippen molar-refractivity contribution in [2.75, 3.05) is 13.7 Å². The van der Waals surface area contributed by atoms with Gasteiger partial charge < -0.3 is 9.47 Å². The van der Waals surface area contributed by atoms with Gasteiger partial charge in [0.2, 0.25) is 0 Å². The minimum Gasteiger partial charge on any atom is -0.419 e. The molecule has 0 spiro atoms. The van der Waals surface area contributed by atoms with E-state index in [-0.39, 0.29) is 22.4 Å². The highest BCUT2D eigenvalue weighted by Gasteiger charge is 2.16. The van der Waals surface area contributed by atoms with Crippen molar-refractivity contribution in [2.45, 2.75) is 0 Å². The number of hydrogen-bond donors (Lipinski definition) is 0. The van der Waals surface area contributed by atoms with Crippen molar-refractivity contribution in [3.63, 3.8) is 0 Å². The summed E-state index contributed by atoms with van der Waals surface area (Å²) in [5, 5.41) is 0. The Bertz CT molecular complexity index is 437. The second kappa shape index (κ2) is 5.88. The highest BCUT2D eigenvalue weighted by Crippen LogP contribution is 2.29. The summed E-state index contributed by atoms with van der Waals surface area (Å²) < 4.78 is 35.5. The monoisotopic (exact) mass is 306 g/mol. The van der Waals surface area contributed by atoms with E-state index in [1.165, 1.54) is 7.11 Å². The molecular weight excluding hydrogens is 298 g/mol. The first-order chi connectivity index (χ1) is 7.95. The van der Waals surface area contributed by atoms with Gasteiger partial charge in [-0.15, -0.1) is 0 Å². The van der Waals surface area contributed by atoms with Crippen molar-refractivity contribution in [2.24, 2.45) is 0 Å². The van der Waals surface area contributed by atoms with Crippen LogP contribution in [-0.4, -0.2) is 19.7 Å². The molecule has 0 radical (unpaired) electrons. The van der Waals surface area contributed by atoms with Crippen LogP contribution in [0, 0.1) is 11.6 Å². The summed E-state index contributed by atoms with van der Waals surface area (Å²) in [6.45, 7) is 3.38. The predicted molar refractivity (Wildman–Crippen MR) is 60.7 cm³/mol. The molecule has 0 saturated heterocycles. The first kappa shape index (κ1) is 13.8. The Morgan fingerprint density at radius 3 is 2.65 bits per heavy atom. The molecule has 0 aliphatic rings. The Morgan fingerprint density at radius 1 is 1.47 bits per heavy atom. The summed E-state index contributed by atoms with van der Waals surface area (Å²) >= 11 is 2.90. The summed E-state index contributed by atoms with van der Waals surface area (Å²) in [6, 6.07) is 1.61. The van der Waals surface area contributed by atoms with Crippen LogP contribution in [0.15, 0.2) is 28.8 Å². The highest BCUT2D eigenvalue weighted by atomic mass is 79.9. The number of esters is 1. The van der Waals surface area contributed by atoms with Crippen LogP contribution in [0.4, 0.5) is 8.78 Å². The van der Waals surface area contributed by atoms with Crippen LogP contribution in [0.25, 0.3) is 0 Å².